The van der Waals surface area contributed by atoms with Gasteiger partial charge in [0.1, 0.15) is 11.6 Å². The summed E-state index contributed by atoms with van der Waals surface area (Å²) in [5.41, 5.74) is 2.20. The number of nitrogens with zero attached hydrogens (tertiary/aromatic N) is 2. The first kappa shape index (κ1) is 22.2. The lowest BCUT2D eigenvalue weighted by molar-refractivity contribution is 0.0730. The van der Waals surface area contributed by atoms with Crippen LogP contribution in [0.15, 0.2) is 46.4 Å². The summed E-state index contributed by atoms with van der Waals surface area (Å²) >= 11 is 5.89. The van der Waals surface area contributed by atoms with Crippen LogP contribution in [0.1, 0.15) is 22.8 Å². The summed E-state index contributed by atoms with van der Waals surface area (Å²) in [6.07, 6.45) is 0. The Bertz CT molecular complexity index is 1100. The number of amides is 1. The molecule has 2 aromatic carbocycles. The molecule has 0 spiro atoms. The molecule has 1 aliphatic heterocycles. The molecular weight excluding hydrogens is 437 g/mol. The number of benzene rings is 2. The first-order valence-electron chi connectivity index (χ1n) is 8.91. The van der Waals surface area contributed by atoms with Crippen LogP contribution in [0, 0.1) is 5.82 Å². The Morgan fingerprint density at radius 2 is 1.90 bits per heavy atom. The molecule has 1 fully saturated rings. The zero-order chi connectivity index (χ0) is 21.9. The molecule has 1 saturated heterocycles. The third-order valence-electron chi connectivity index (χ3n) is 4.46. The molecule has 0 aliphatic carbocycles. The highest BCUT2D eigenvalue weighted by Crippen LogP contribution is 2.23. The van der Waals surface area contributed by atoms with Crippen molar-refractivity contribution in [3.05, 3.63) is 58.4 Å². The number of hydrazone groups is 1. The second-order valence-electron chi connectivity index (χ2n) is 6.46. The molecule has 1 heterocycles. The second-order valence-corrected chi connectivity index (χ2v) is 8.83. The molecule has 0 bridgehead atoms. The first-order valence-corrected chi connectivity index (χ1v) is 10.7. The van der Waals surface area contributed by atoms with Crippen molar-refractivity contribution >= 4 is 33.2 Å². The number of rotatable bonds is 5. The third-order valence-corrected chi connectivity index (χ3v) is 6.59. The maximum atomic E-state index is 14.2. The number of carbonyl (C=O) groups excluding carboxylic acids is 1. The minimum absolute atomic E-state index is 0.0975. The van der Waals surface area contributed by atoms with Crippen LogP contribution in [0.4, 0.5) is 4.39 Å². The van der Waals surface area contributed by atoms with E-state index in [1.165, 1.54) is 29.4 Å². The molecule has 11 heteroatoms. The summed E-state index contributed by atoms with van der Waals surface area (Å²) in [6.45, 7) is 2.39. The molecule has 2 N–H and O–H groups in total. The molecule has 0 unspecified atom stereocenters. The van der Waals surface area contributed by atoms with E-state index in [4.69, 9.17) is 16.3 Å². The number of halogens is 2. The Morgan fingerprint density at radius 1 is 1.20 bits per heavy atom. The predicted octanol–water partition coefficient (Wildman–Crippen LogP) is 2.36. The zero-order valence-electron chi connectivity index (χ0n) is 15.9. The van der Waals surface area contributed by atoms with Crippen molar-refractivity contribution in [3.8, 4) is 5.75 Å². The molecule has 1 amide bonds. The van der Waals surface area contributed by atoms with E-state index < -0.39 is 27.3 Å². The summed E-state index contributed by atoms with van der Waals surface area (Å²) in [7, 11) is -3.90. The molecule has 8 nitrogen and oxygen atoms in total. The lowest BCUT2D eigenvalue weighted by atomic mass is 10.1. The Balaban J connectivity index is 1.84. The van der Waals surface area contributed by atoms with Crippen molar-refractivity contribution in [2.45, 2.75) is 11.8 Å². The van der Waals surface area contributed by atoms with Crippen LogP contribution >= 0.6 is 11.6 Å². The van der Waals surface area contributed by atoms with Gasteiger partial charge in [0.15, 0.2) is 0 Å². The normalized spacial score (nSPS) is 15.8. The highest BCUT2D eigenvalue weighted by Gasteiger charge is 2.28. The molecule has 0 saturated carbocycles. The molecule has 0 radical (unpaired) electrons. The SMILES string of the molecule is C/C(=N\NC(=O)c1cc(S(=O)(=O)N2CCOCC2)ccc1F)c1cc(Cl)ccc1O. The van der Waals surface area contributed by atoms with Gasteiger partial charge < -0.3 is 9.84 Å². The average Bonchev–Trinajstić information content (AvgIpc) is 2.74. The summed E-state index contributed by atoms with van der Waals surface area (Å²) in [4.78, 5) is 12.2. The van der Waals surface area contributed by atoms with Gasteiger partial charge in [-0.15, -0.1) is 0 Å². The monoisotopic (exact) mass is 455 g/mol. The summed E-state index contributed by atoms with van der Waals surface area (Å²) < 4.78 is 46.1. The number of hydrogen-bond acceptors (Lipinski definition) is 6. The number of hydrogen-bond donors (Lipinski definition) is 2. The topological polar surface area (TPSA) is 108 Å². The quantitative estimate of drug-likeness (QED) is 0.531. The Kier molecular flexibility index (Phi) is 6.71. The summed E-state index contributed by atoms with van der Waals surface area (Å²) in [6, 6.07) is 7.31. The minimum atomic E-state index is -3.90. The number of phenols is 1. The Hall–Kier alpha value is -2.53. The highest BCUT2D eigenvalue weighted by atomic mass is 35.5. The lowest BCUT2D eigenvalue weighted by Gasteiger charge is -2.26. The second kappa shape index (κ2) is 9.09. The van der Waals surface area contributed by atoms with E-state index >= 15 is 0 Å². The van der Waals surface area contributed by atoms with E-state index in [0.29, 0.717) is 5.02 Å². The average molecular weight is 456 g/mol. The standard InChI is InChI=1S/C19H19ClFN3O5S/c1-12(15-10-13(20)2-5-18(15)25)22-23-19(26)16-11-14(3-4-17(16)21)30(27,28)24-6-8-29-9-7-24/h2-5,10-11,25H,6-9H2,1H3,(H,23,26)/b22-12+. The molecule has 0 atom stereocenters. The van der Waals surface area contributed by atoms with Gasteiger partial charge in [-0.05, 0) is 43.3 Å². The van der Waals surface area contributed by atoms with Crippen LogP contribution < -0.4 is 5.43 Å². The van der Waals surface area contributed by atoms with E-state index in [1.807, 2.05) is 0 Å². The lowest BCUT2D eigenvalue weighted by Crippen LogP contribution is -2.40. The van der Waals surface area contributed by atoms with Crippen LogP contribution in [0.2, 0.25) is 5.02 Å². The smallest absolute Gasteiger partial charge is 0.274 e. The van der Waals surface area contributed by atoms with Gasteiger partial charge in [0, 0.05) is 23.7 Å². The van der Waals surface area contributed by atoms with Gasteiger partial charge in [-0.1, -0.05) is 11.6 Å². The number of sulfonamides is 1. The van der Waals surface area contributed by atoms with Gasteiger partial charge in [-0.2, -0.15) is 9.41 Å². The molecule has 1 aliphatic rings. The van der Waals surface area contributed by atoms with Crippen LogP contribution in [-0.4, -0.2) is 55.8 Å². The van der Waals surface area contributed by atoms with E-state index in [1.54, 1.807) is 0 Å². The van der Waals surface area contributed by atoms with Crippen LogP contribution in [0.3, 0.4) is 0 Å². The van der Waals surface area contributed by atoms with E-state index in [0.717, 1.165) is 18.2 Å². The van der Waals surface area contributed by atoms with Crippen LogP contribution in [0.25, 0.3) is 0 Å². The van der Waals surface area contributed by atoms with E-state index in [9.17, 15) is 22.7 Å². The van der Waals surface area contributed by atoms with Gasteiger partial charge >= 0.3 is 0 Å². The fourth-order valence-electron chi connectivity index (χ4n) is 2.83. The summed E-state index contributed by atoms with van der Waals surface area (Å²) in [5.74, 6) is -1.93. The summed E-state index contributed by atoms with van der Waals surface area (Å²) in [5, 5.41) is 14.1. The molecule has 2 aromatic rings. The van der Waals surface area contributed by atoms with Crippen LogP contribution in [0.5, 0.6) is 5.75 Å². The Morgan fingerprint density at radius 3 is 2.60 bits per heavy atom. The van der Waals surface area contributed by atoms with Crippen molar-refractivity contribution in [2.75, 3.05) is 26.3 Å². The van der Waals surface area contributed by atoms with Gasteiger partial charge in [0.2, 0.25) is 10.0 Å². The van der Waals surface area contributed by atoms with Crippen molar-refractivity contribution in [3.63, 3.8) is 0 Å². The first-order chi connectivity index (χ1) is 14.2. The predicted molar refractivity (Wildman–Crippen MR) is 109 cm³/mol. The van der Waals surface area contributed by atoms with Gasteiger partial charge in [0.05, 0.1) is 29.4 Å². The van der Waals surface area contributed by atoms with E-state index in [2.05, 4.69) is 10.5 Å². The fraction of sp³-hybridized carbons (Fsp3) is 0.263. The minimum Gasteiger partial charge on any atom is -0.507 e. The zero-order valence-corrected chi connectivity index (χ0v) is 17.5. The van der Waals surface area contributed by atoms with E-state index in [-0.39, 0.29) is 48.2 Å². The number of nitrogens with one attached hydrogen (secondary N) is 1. The molecular formula is C19H19ClFN3O5S. The molecule has 3 rings (SSSR count). The number of morpholine rings is 1. The number of carbonyl (C=O) groups is 1. The fourth-order valence-corrected chi connectivity index (χ4v) is 4.43. The number of aromatic hydroxyl groups is 1. The van der Waals surface area contributed by atoms with Gasteiger partial charge in [-0.25, -0.2) is 18.2 Å². The number of phenolic OH excluding ortho intramolecular Hbond substituents is 1. The maximum absolute atomic E-state index is 14.2. The van der Waals surface area contributed by atoms with Crippen molar-refractivity contribution in [2.24, 2.45) is 5.10 Å². The van der Waals surface area contributed by atoms with Crippen molar-refractivity contribution in [1.29, 1.82) is 0 Å². The Labute approximate surface area is 178 Å². The highest BCUT2D eigenvalue weighted by molar-refractivity contribution is 7.89. The molecule has 160 valence electrons. The molecule has 0 aromatic heterocycles. The van der Waals surface area contributed by atoms with Gasteiger partial charge in [-0.3, -0.25) is 4.79 Å². The largest absolute Gasteiger partial charge is 0.507 e. The van der Waals surface area contributed by atoms with Gasteiger partial charge in [0.25, 0.3) is 5.91 Å². The van der Waals surface area contributed by atoms with Crippen LogP contribution in [-0.2, 0) is 14.8 Å². The number of ether oxygens (including phenoxy) is 1. The third kappa shape index (κ3) is 4.78. The molecule has 30 heavy (non-hydrogen) atoms. The maximum Gasteiger partial charge on any atom is 0.274 e. The van der Waals surface area contributed by atoms with Crippen molar-refractivity contribution < 1.29 is 27.4 Å². The van der Waals surface area contributed by atoms with Crippen molar-refractivity contribution in [1.82, 2.24) is 9.73 Å².